The van der Waals surface area contributed by atoms with Gasteiger partial charge >= 0.3 is 0 Å². The summed E-state index contributed by atoms with van der Waals surface area (Å²) in [7, 11) is 1.61. The lowest BCUT2D eigenvalue weighted by atomic mass is 10.1. The van der Waals surface area contributed by atoms with Crippen molar-refractivity contribution in [1.82, 2.24) is 9.55 Å². The molecule has 0 bridgehead atoms. The van der Waals surface area contributed by atoms with Crippen molar-refractivity contribution >= 4 is 33.4 Å². The van der Waals surface area contributed by atoms with Crippen LogP contribution in [0.15, 0.2) is 91.0 Å². The van der Waals surface area contributed by atoms with Gasteiger partial charge in [-0.15, -0.1) is 0 Å². The zero-order valence-corrected chi connectivity index (χ0v) is 18.2. The fourth-order valence-corrected chi connectivity index (χ4v) is 3.89. The molecule has 5 rings (SSSR count). The normalized spacial score (nSPS) is 10.9. The van der Waals surface area contributed by atoms with Crippen LogP contribution >= 0.6 is 0 Å². The molecule has 5 aromatic rings. The highest BCUT2D eigenvalue weighted by Crippen LogP contribution is 2.26. The van der Waals surface area contributed by atoms with E-state index >= 15 is 0 Å². The maximum Gasteiger partial charge on any atom is 0.244 e. The summed E-state index contributed by atoms with van der Waals surface area (Å²) in [4.78, 5) is 17.6. The van der Waals surface area contributed by atoms with Crippen molar-refractivity contribution in [2.75, 3.05) is 12.4 Å². The van der Waals surface area contributed by atoms with Gasteiger partial charge in [-0.2, -0.15) is 0 Å². The van der Waals surface area contributed by atoms with E-state index in [9.17, 15) is 4.79 Å². The Kier molecular flexibility index (Phi) is 5.64. The number of carbonyl (C=O) groups excluding carboxylic acids is 1. The van der Waals surface area contributed by atoms with Gasteiger partial charge in [0.2, 0.25) is 5.91 Å². The molecule has 0 aliphatic carbocycles. The second-order valence-electron chi connectivity index (χ2n) is 7.65. The van der Waals surface area contributed by atoms with Crippen molar-refractivity contribution in [1.29, 1.82) is 0 Å². The fraction of sp³-hybridized carbons (Fsp3) is 0.111. The van der Waals surface area contributed by atoms with Gasteiger partial charge < -0.3 is 19.4 Å². The lowest BCUT2D eigenvalue weighted by Gasteiger charge is -2.12. The van der Waals surface area contributed by atoms with Gasteiger partial charge in [-0.25, -0.2) is 4.98 Å². The first-order valence-electron chi connectivity index (χ1n) is 10.7. The number of benzene rings is 4. The number of amides is 1. The average Bonchev–Trinajstić information content (AvgIpc) is 3.20. The highest BCUT2D eigenvalue weighted by atomic mass is 16.5. The number of rotatable bonds is 7. The van der Waals surface area contributed by atoms with Crippen LogP contribution in [0, 0.1) is 0 Å². The molecule has 0 unspecified atom stereocenters. The van der Waals surface area contributed by atoms with Gasteiger partial charge in [-0.05, 0) is 47.9 Å². The van der Waals surface area contributed by atoms with E-state index in [4.69, 9.17) is 14.5 Å². The van der Waals surface area contributed by atoms with Crippen LogP contribution in [0.3, 0.4) is 0 Å². The Morgan fingerprint density at radius 3 is 2.52 bits per heavy atom. The third-order valence-electron chi connectivity index (χ3n) is 5.52. The largest absolute Gasteiger partial charge is 0.497 e. The monoisotopic (exact) mass is 437 g/mol. The summed E-state index contributed by atoms with van der Waals surface area (Å²) in [6.45, 7) is 0.374. The van der Waals surface area contributed by atoms with Gasteiger partial charge in [0.15, 0.2) is 0 Å². The Bertz CT molecular complexity index is 1420. The standard InChI is InChI=1S/C27H23N3O3/c1-32-21-15-13-20(14-16-21)28-27(31)17-30-24-11-5-4-10-23(24)29-26(30)18-33-25-12-6-8-19-7-2-3-9-22(19)25/h2-16H,17-18H2,1H3,(H,28,31). The van der Waals surface area contributed by atoms with Gasteiger partial charge in [0.1, 0.15) is 30.5 Å². The van der Waals surface area contributed by atoms with Gasteiger partial charge in [0, 0.05) is 11.1 Å². The summed E-state index contributed by atoms with van der Waals surface area (Å²) in [6.07, 6.45) is 0. The average molecular weight is 437 g/mol. The van der Waals surface area contributed by atoms with E-state index in [-0.39, 0.29) is 19.1 Å². The zero-order chi connectivity index (χ0) is 22.6. The number of hydrogen-bond acceptors (Lipinski definition) is 4. The fourth-order valence-electron chi connectivity index (χ4n) is 3.89. The first kappa shape index (κ1) is 20.6. The minimum atomic E-state index is -0.144. The molecule has 1 aromatic heterocycles. The number of aromatic nitrogens is 2. The minimum absolute atomic E-state index is 0.126. The molecule has 6 heteroatoms. The number of para-hydroxylation sites is 2. The molecule has 164 valence electrons. The smallest absolute Gasteiger partial charge is 0.244 e. The van der Waals surface area contributed by atoms with Crippen LogP contribution in [0.25, 0.3) is 21.8 Å². The van der Waals surface area contributed by atoms with Crippen LogP contribution in [0.4, 0.5) is 5.69 Å². The summed E-state index contributed by atoms with van der Waals surface area (Å²) >= 11 is 0. The van der Waals surface area contributed by atoms with E-state index in [2.05, 4.69) is 17.4 Å². The minimum Gasteiger partial charge on any atom is -0.497 e. The molecule has 1 heterocycles. The van der Waals surface area contributed by atoms with Crippen LogP contribution in [-0.4, -0.2) is 22.6 Å². The van der Waals surface area contributed by atoms with Crippen LogP contribution in [0.2, 0.25) is 0 Å². The van der Waals surface area contributed by atoms with Crippen molar-refractivity contribution in [2.24, 2.45) is 0 Å². The van der Waals surface area contributed by atoms with Crippen LogP contribution in [0.5, 0.6) is 11.5 Å². The lowest BCUT2D eigenvalue weighted by Crippen LogP contribution is -2.20. The van der Waals surface area contributed by atoms with Crippen molar-refractivity contribution in [3.05, 3.63) is 96.8 Å². The molecule has 0 radical (unpaired) electrons. The van der Waals surface area contributed by atoms with Gasteiger partial charge in [0.05, 0.1) is 18.1 Å². The molecule has 33 heavy (non-hydrogen) atoms. The third kappa shape index (κ3) is 4.36. The van der Waals surface area contributed by atoms with E-state index in [1.165, 1.54) is 0 Å². The summed E-state index contributed by atoms with van der Waals surface area (Å²) in [5.74, 6) is 2.07. The Labute approximate surface area is 191 Å². The quantitative estimate of drug-likeness (QED) is 0.369. The molecular weight excluding hydrogens is 414 g/mol. The number of carbonyl (C=O) groups is 1. The van der Waals surface area contributed by atoms with Crippen LogP contribution < -0.4 is 14.8 Å². The van der Waals surface area contributed by atoms with E-state index in [0.29, 0.717) is 11.5 Å². The predicted octanol–water partition coefficient (Wildman–Crippen LogP) is 5.42. The highest BCUT2D eigenvalue weighted by molar-refractivity contribution is 5.92. The van der Waals surface area contributed by atoms with Gasteiger partial charge in [-0.1, -0.05) is 48.5 Å². The Hall–Kier alpha value is -4.32. The summed E-state index contributed by atoms with van der Waals surface area (Å²) in [6, 6.07) is 29.1. The molecule has 0 saturated heterocycles. The van der Waals surface area contributed by atoms with E-state index in [0.717, 1.165) is 33.3 Å². The SMILES string of the molecule is COc1ccc(NC(=O)Cn2c(COc3cccc4ccccc34)nc3ccccc32)cc1. The summed E-state index contributed by atoms with van der Waals surface area (Å²) in [5.41, 5.74) is 2.42. The van der Waals surface area contributed by atoms with Gasteiger partial charge in [-0.3, -0.25) is 4.79 Å². The molecular formula is C27H23N3O3. The van der Waals surface area contributed by atoms with E-state index in [1.54, 1.807) is 7.11 Å². The number of methoxy groups -OCH3 is 1. The maximum atomic E-state index is 12.8. The van der Waals surface area contributed by atoms with Crippen molar-refractivity contribution in [3.8, 4) is 11.5 Å². The van der Waals surface area contributed by atoms with Crippen molar-refractivity contribution in [3.63, 3.8) is 0 Å². The first-order chi connectivity index (χ1) is 16.2. The molecule has 1 amide bonds. The number of imidazole rings is 1. The first-order valence-corrected chi connectivity index (χ1v) is 10.7. The Balaban J connectivity index is 1.39. The number of fused-ring (bicyclic) bond motifs is 2. The molecule has 0 aliphatic heterocycles. The second kappa shape index (κ2) is 9.04. The molecule has 0 aliphatic rings. The Morgan fingerprint density at radius 2 is 1.67 bits per heavy atom. The number of nitrogens with one attached hydrogen (secondary N) is 1. The number of anilines is 1. The predicted molar refractivity (Wildman–Crippen MR) is 130 cm³/mol. The topological polar surface area (TPSA) is 65.4 Å². The summed E-state index contributed by atoms with van der Waals surface area (Å²) < 4.78 is 13.2. The summed E-state index contributed by atoms with van der Waals surface area (Å²) in [5, 5.41) is 5.09. The highest BCUT2D eigenvalue weighted by Gasteiger charge is 2.15. The zero-order valence-electron chi connectivity index (χ0n) is 18.2. The number of hydrogen-bond donors (Lipinski definition) is 1. The van der Waals surface area contributed by atoms with Crippen LogP contribution in [0.1, 0.15) is 5.82 Å². The van der Waals surface area contributed by atoms with E-state index in [1.807, 2.05) is 83.4 Å². The number of ether oxygens (including phenoxy) is 2. The van der Waals surface area contributed by atoms with Crippen LogP contribution in [-0.2, 0) is 17.9 Å². The maximum absolute atomic E-state index is 12.8. The molecule has 0 spiro atoms. The molecule has 6 nitrogen and oxygen atoms in total. The Morgan fingerprint density at radius 1 is 0.909 bits per heavy atom. The second-order valence-corrected chi connectivity index (χ2v) is 7.65. The lowest BCUT2D eigenvalue weighted by molar-refractivity contribution is -0.116. The third-order valence-corrected chi connectivity index (χ3v) is 5.52. The molecule has 1 N–H and O–H groups in total. The van der Waals surface area contributed by atoms with Crippen molar-refractivity contribution in [2.45, 2.75) is 13.2 Å². The number of nitrogens with zero attached hydrogens (tertiary/aromatic N) is 2. The molecule has 0 saturated carbocycles. The van der Waals surface area contributed by atoms with Crippen molar-refractivity contribution < 1.29 is 14.3 Å². The molecule has 4 aromatic carbocycles. The molecule has 0 atom stereocenters. The van der Waals surface area contributed by atoms with Gasteiger partial charge in [0.25, 0.3) is 0 Å². The molecule has 0 fully saturated rings. The van der Waals surface area contributed by atoms with E-state index < -0.39 is 0 Å².